The van der Waals surface area contributed by atoms with Crippen molar-refractivity contribution in [2.75, 3.05) is 18.9 Å². The average Bonchev–Trinajstić information content (AvgIpc) is 2.49. The first-order valence-electron chi connectivity index (χ1n) is 7.06. The van der Waals surface area contributed by atoms with Gasteiger partial charge in [0.25, 0.3) is 5.56 Å². The molecule has 2 N–H and O–H groups in total. The molecule has 7 nitrogen and oxygen atoms in total. The SMILES string of the molecule is CC(=O)OCC(COC(C)=O)n1ccc2c(N)cccc2c1=O. The molecule has 0 aliphatic heterocycles. The van der Waals surface area contributed by atoms with Gasteiger partial charge in [-0.2, -0.15) is 0 Å². The van der Waals surface area contributed by atoms with E-state index in [9.17, 15) is 14.4 Å². The molecule has 0 saturated heterocycles. The highest BCUT2D eigenvalue weighted by Crippen LogP contribution is 2.18. The zero-order chi connectivity index (χ0) is 17.0. The Hall–Kier alpha value is -2.83. The smallest absolute Gasteiger partial charge is 0.302 e. The lowest BCUT2D eigenvalue weighted by atomic mass is 10.1. The van der Waals surface area contributed by atoms with E-state index in [4.69, 9.17) is 15.2 Å². The van der Waals surface area contributed by atoms with Gasteiger partial charge >= 0.3 is 11.9 Å². The highest BCUT2D eigenvalue weighted by molar-refractivity contribution is 5.91. The van der Waals surface area contributed by atoms with Crippen molar-refractivity contribution in [3.63, 3.8) is 0 Å². The molecule has 0 aliphatic carbocycles. The van der Waals surface area contributed by atoms with Crippen LogP contribution in [0.2, 0.25) is 0 Å². The van der Waals surface area contributed by atoms with Crippen LogP contribution in [0.4, 0.5) is 5.69 Å². The van der Waals surface area contributed by atoms with Crippen LogP contribution in [0.25, 0.3) is 10.8 Å². The summed E-state index contributed by atoms with van der Waals surface area (Å²) in [7, 11) is 0. The number of aromatic nitrogens is 1. The first kappa shape index (κ1) is 16.5. The number of nitrogen functional groups attached to an aromatic ring is 1. The van der Waals surface area contributed by atoms with Crippen LogP contribution in [0.1, 0.15) is 19.9 Å². The molecule has 1 aromatic carbocycles. The Morgan fingerprint density at radius 3 is 2.26 bits per heavy atom. The predicted molar refractivity (Wildman–Crippen MR) is 84.9 cm³/mol. The van der Waals surface area contributed by atoms with Crippen LogP contribution < -0.4 is 11.3 Å². The van der Waals surface area contributed by atoms with Crippen molar-refractivity contribution < 1.29 is 19.1 Å². The first-order valence-corrected chi connectivity index (χ1v) is 7.06. The molecular weight excluding hydrogens is 300 g/mol. The monoisotopic (exact) mass is 318 g/mol. The zero-order valence-electron chi connectivity index (χ0n) is 12.9. The largest absolute Gasteiger partial charge is 0.464 e. The summed E-state index contributed by atoms with van der Waals surface area (Å²) in [6.07, 6.45) is 1.55. The number of ether oxygens (including phenoxy) is 2. The number of anilines is 1. The van der Waals surface area contributed by atoms with Gasteiger partial charge in [-0.3, -0.25) is 14.4 Å². The number of hydrogen-bond donors (Lipinski definition) is 1. The fraction of sp³-hybridized carbons (Fsp3) is 0.312. The number of fused-ring (bicyclic) bond motifs is 1. The minimum absolute atomic E-state index is 0.0731. The van der Waals surface area contributed by atoms with Gasteiger partial charge in [0, 0.05) is 36.5 Å². The molecule has 2 aromatic rings. The summed E-state index contributed by atoms with van der Waals surface area (Å²) < 4.78 is 11.3. The molecule has 7 heteroatoms. The highest BCUT2D eigenvalue weighted by Gasteiger charge is 2.17. The first-order chi connectivity index (χ1) is 10.9. The van der Waals surface area contributed by atoms with Gasteiger partial charge in [0.05, 0.1) is 0 Å². The standard InChI is InChI=1S/C16H18N2O5/c1-10(19)22-8-12(9-23-11(2)20)18-7-6-13-14(16(18)21)4-3-5-15(13)17/h3-7,12H,8-9,17H2,1-2H3. The normalized spacial score (nSPS) is 10.7. The third-order valence-corrected chi connectivity index (χ3v) is 3.36. The van der Waals surface area contributed by atoms with Gasteiger partial charge in [0.1, 0.15) is 19.3 Å². The summed E-state index contributed by atoms with van der Waals surface area (Å²) in [5.41, 5.74) is 6.07. The van der Waals surface area contributed by atoms with Gasteiger partial charge in [-0.05, 0) is 18.2 Å². The van der Waals surface area contributed by atoms with Gasteiger partial charge in [0.15, 0.2) is 0 Å². The maximum Gasteiger partial charge on any atom is 0.302 e. The second-order valence-electron chi connectivity index (χ2n) is 5.10. The Balaban J connectivity index is 2.42. The number of benzene rings is 1. The Morgan fingerprint density at radius 1 is 1.09 bits per heavy atom. The maximum absolute atomic E-state index is 12.6. The number of hydrogen-bond acceptors (Lipinski definition) is 6. The van der Waals surface area contributed by atoms with E-state index in [2.05, 4.69) is 0 Å². The maximum atomic E-state index is 12.6. The zero-order valence-corrected chi connectivity index (χ0v) is 12.9. The number of rotatable bonds is 5. The summed E-state index contributed by atoms with van der Waals surface area (Å²) in [6.45, 7) is 2.40. The summed E-state index contributed by atoms with van der Waals surface area (Å²) in [5.74, 6) is -0.952. The van der Waals surface area contributed by atoms with E-state index in [1.54, 1.807) is 30.5 Å². The van der Waals surface area contributed by atoms with Crippen LogP contribution in [-0.2, 0) is 19.1 Å². The Morgan fingerprint density at radius 2 is 1.70 bits per heavy atom. The van der Waals surface area contributed by atoms with Crippen molar-refractivity contribution in [2.24, 2.45) is 0 Å². The molecule has 2 rings (SSSR count). The third-order valence-electron chi connectivity index (χ3n) is 3.36. The topological polar surface area (TPSA) is 101 Å². The van der Waals surface area contributed by atoms with E-state index in [1.165, 1.54) is 18.4 Å². The van der Waals surface area contributed by atoms with Crippen LogP contribution >= 0.6 is 0 Å². The molecule has 0 radical (unpaired) electrons. The Bertz CT molecular complexity index is 779. The number of nitrogens with two attached hydrogens (primary N) is 1. The molecule has 0 atom stereocenters. The van der Waals surface area contributed by atoms with E-state index in [0.29, 0.717) is 16.5 Å². The second kappa shape index (κ2) is 6.95. The van der Waals surface area contributed by atoms with Gasteiger partial charge in [-0.1, -0.05) is 6.07 Å². The number of esters is 2. The van der Waals surface area contributed by atoms with Crippen molar-refractivity contribution in [1.82, 2.24) is 4.57 Å². The Kier molecular flexibility index (Phi) is 5.00. The molecule has 0 bridgehead atoms. The number of carbonyl (C=O) groups excluding carboxylic acids is 2. The summed E-state index contributed by atoms with van der Waals surface area (Å²) in [5, 5.41) is 1.09. The molecule has 1 heterocycles. The lowest BCUT2D eigenvalue weighted by Gasteiger charge is -2.19. The average molecular weight is 318 g/mol. The van der Waals surface area contributed by atoms with Crippen LogP contribution in [-0.4, -0.2) is 29.7 Å². The number of pyridine rings is 1. The molecule has 0 spiro atoms. The molecule has 1 aromatic heterocycles. The van der Waals surface area contributed by atoms with Gasteiger partial charge in [0.2, 0.25) is 0 Å². The van der Waals surface area contributed by atoms with Gasteiger partial charge in [-0.15, -0.1) is 0 Å². The third kappa shape index (κ3) is 3.88. The molecule has 0 aliphatic rings. The second-order valence-corrected chi connectivity index (χ2v) is 5.10. The van der Waals surface area contributed by atoms with Crippen LogP contribution in [0.15, 0.2) is 35.3 Å². The Labute approximate surface area is 132 Å². The van der Waals surface area contributed by atoms with Crippen LogP contribution in [0.5, 0.6) is 0 Å². The van der Waals surface area contributed by atoms with Gasteiger partial charge < -0.3 is 19.8 Å². The molecule has 0 amide bonds. The van der Waals surface area contributed by atoms with E-state index >= 15 is 0 Å². The predicted octanol–water partition coefficient (Wildman–Crippen LogP) is 1.25. The lowest BCUT2D eigenvalue weighted by molar-refractivity contribution is -0.145. The molecule has 0 unspecified atom stereocenters. The molecule has 122 valence electrons. The summed E-state index contributed by atoms with van der Waals surface area (Å²) >= 11 is 0. The number of carbonyl (C=O) groups is 2. The fourth-order valence-electron chi connectivity index (χ4n) is 2.24. The van der Waals surface area contributed by atoms with E-state index in [0.717, 1.165) is 0 Å². The minimum Gasteiger partial charge on any atom is -0.464 e. The lowest BCUT2D eigenvalue weighted by Crippen LogP contribution is -2.31. The van der Waals surface area contributed by atoms with Crippen molar-refractivity contribution in [3.05, 3.63) is 40.8 Å². The van der Waals surface area contributed by atoms with E-state index in [-0.39, 0.29) is 18.8 Å². The molecule has 0 saturated carbocycles. The fourth-order valence-corrected chi connectivity index (χ4v) is 2.24. The van der Waals surface area contributed by atoms with Crippen LogP contribution in [0.3, 0.4) is 0 Å². The molecule has 0 fully saturated rings. The minimum atomic E-state index is -0.610. The highest BCUT2D eigenvalue weighted by atomic mass is 16.5. The molecule has 23 heavy (non-hydrogen) atoms. The van der Waals surface area contributed by atoms with Gasteiger partial charge in [-0.25, -0.2) is 0 Å². The van der Waals surface area contributed by atoms with Crippen molar-refractivity contribution >= 4 is 28.4 Å². The van der Waals surface area contributed by atoms with E-state index < -0.39 is 18.0 Å². The van der Waals surface area contributed by atoms with Crippen molar-refractivity contribution in [2.45, 2.75) is 19.9 Å². The van der Waals surface area contributed by atoms with Crippen molar-refractivity contribution in [3.8, 4) is 0 Å². The van der Waals surface area contributed by atoms with Crippen molar-refractivity contribution in [1.29, 1.82) is 0 Å². The molecular formula is C16H18N2O5. The quantitative estimate of drug-likeness (QED) is 0.658. The summed E-state index contributed by atoms with van der Waals surface area (Å²) in [4.78, 5) is 34.7. The summed E-state index contributed by atoms with van der Waals surface area (Å²) in [6, 6.07) is 6.17. The van der Waals surface area contributed by atoms with E-state index in [1.807, 2.05) is 0 Å². The van der Waals surface area contributed by atoms with Crippen LogP contribution in [0, 0.1) is 0 Å². The number of nitrogens with zero attached hydrogens (tertiary/aromatic N) is 1.